The Labute approximate surface area is 178 Å². The van der Waals surface area contributed by atoms with E-state index in [9.17, 15) is 14.9 Å². The smallest absolute Gasteiger partial charge is 0.338 e. The van der Waals surface area contributed by atoms with Gasteiger partial charge in [-0.15, -0.1) is 0 Å². The molecule has 1 aliphatic rings. The molecule has 0 spiro atoms. The van der Waals surface area contributed by atoms with E-state index in [1.165, 1.54) is 7.11 Å². The number of rotatable bonds is 6. The van der Waals surface area contributed by atoms with Crippen molar-refractivity contribution in [1.82, 2.24) is 0 Å². The SMILES string of the molecule is CO[C@H]1O[C@H](C)[C@H](SC#N)[C@H](OC(=O)c2ccccc2)[C@H]1OC(=O)c1ccccc1. The van der Waals surface area contributed by atoms with Gasteiger partial charge in [0.05, 0.1) is 22.5 Å². The molecule has 0 aliphatic carbocycles. The van der Waals surface area contributed by atoms with Gasteiger partial charge < -0.3 is 18.9 Å². The fourth-order valence-corrected chi connectivity index (χ4v) is 3.90. The number of esters is 2. The maximum absolute atomic E-state index is 12.7. The molecule has 0 saturated carbocycles. The molecular formula is C22H21NO6S. The van der Waals surface area contributed by atoms with Crippen molar-refractivity contribution in [3.63, 3.8) is 0 Å². The lowest BCUT2D eigenvalue weighted by molar-refractivity contribution is -0.250. The van der Waals surface area contributed by atoms with Crippen LogP contribution in [0.5, 0.6) is 0 Å². The summed E-state index contributed by atoms with van der Waals surface area (Å²) in [5.74, 6) is -1.20. The molecule has 5 atom stereocenters. The highest BCUT2D eigenvalue weighted by Crippen LogP contribution is 2.34. The van der Waals surface area contributed by atoms with Gasteiger partial charge in [-0.05, 0) is 43.0 Å². The minimum Gasteiger partial charge on any atom is -0.453 e. The lowest BCUT2D eigenvalue weighted by atomic mass is 10.0. The molecule has 2 aromatic carbocycles. The molecule has 0 aromatic heterocycles. The molecule has 1 aliphatic heterocycles. The summed E-state index contributed by atoms with van der Waals surface area (Å²) in [6.07, 6.45) is -3.46. The maximum Gasteiger partial charge on any atom is 0.338 e. The number of hydrogen-bond acceptors (Lipinski definition) is 8. The number of ether oxygens (including phenoxy) is 4. The second-order valence-corrected chi connectivity index (χ2v) is 7.55. The summed E-state index contributed by atoms with van der Waals surface area (Å²) in [4.78, 5) is 25.4. The molecule has 30 heavy (non-hydrogen) atoms. The van der Waals surface area contributed by atoms with Crippen molar-refractivity contribution in [1.29, 1.82) is 5.26 Å². The first-order valence-corrected chi connectivity index (χ1v) is 10.2. The summed E-state index contributed by atoms with van der Waals surface area (Å²) in [6, 6.07) is 16.9. The fraction of sp³-hybridized carbons (Fsp3) is 0.318. The Hall–Kier alpha value is -2.86. The van der Waals surface area contributed by atoms with Crippen LogP contribution in [-0.2, 0) is 18.9 Å². The van der Waals surface area contributed by atoms with Gasteiger partial charge in [0.1, 0.15) is 5.40 Å². The van der Waals surface area contributed by atoms with Crippen LogP contribution in [0.15, 0.2) is 60.7 Å². The molecule has 0 amide bonds. The van der Waals surface area contributed by atoms with Crippen LogP contribution in [0.3, 0.4) is 0 Å². The fourth-order valence-electron chi connectivity index (χ4n) is 3.18. The van der Waals surface area contributed by atoms with Crippen LogP contribution in [-0.4, -0.2) is 48.9 Å². The number of methoxy groups -OCH3 is 1. The number of carbonyl (C=O) groups excluding carboxylic acids is 2. The molecule has 2 aromatic rings. The van der Waals surface area contributed by atoms with E-state index in [0.29, 0.717) is 11.1 Å². The Balaban J connectivity index is 1.90. The molecule has 0 unspecified atom stereocenters. The van der Waals surface area contributed by atoms with E-state index in [4.69, 9.17) is 18.9 Å². The van der Waals surface area contributed by atoms with Gasteiger partial charge in [-0.2, -0.15) is 5.26 Å². The third-order valence-corrected chi connectivity index (χ3v) is 5.68. The number of benzene rings is 2. The molecule has 1 heterocycles. The Morgan fingerprint density at radius 2 is 1.43 bits per heavy atom. The van der Waals surface area contributed by atoms with Crippen molar-refractivity contribution in [2.24, 2.45) is 0 Å². The minimum absolute atomic E-state index is 0.337. The van der Waals surface area contributed by atoms with Gasteiger partial charge in [0.15, 0.2) is 18.5 Å². The molecular weight excluding hydrogens is 406 g/mol. The predicted molar refractivity (Wildman–Crippen MR) is 110 cm³/mol. The van der Waals surface area contributed by atoms with Crippen molar-refractivity contribution >= 4 is 23.7 Å². The first kappa shape index (κ1) is 21.8. The number of hydrogen-bond donors (Lipinski definition) is 0. The van der Waals surface area contributed by atoms with Crippen molar-refractivity contribution in [2.45, 2.75) is 36.8 Å². The van der Waals surface area contributed by atoms with E-state index >= 15 is 0 Å². The molecule has 0 bridgehead atoms. The number of nitrogens with zero attached hydrogens (tertiary/aromatic N) is 1. The summed E-state index contributed by atoms with van der Waals surface area (Å²) in [6.45, 7) is 1.75. The number of carbonyl (C=O) groups is 2. The number of thiocyanates is 1. The third kappa shape index (κ3) is 5.00. The summed E-state index contributed by atoms with van der Waals surface area (Å²) in [5, 5.41) is 10.7. The summed E-state index contributed by atoms with van der Waals surface area (Å²) < 4.78 is 22.6. The number of thioether (sulfide) groups is 1. The molecule has 1 fully saturated rings. The summed E-state index contributed by atoms with van der Waals surface area (Å²) in [5.41, 5.74) is 0.683. The first-order chi connectivity index (χ1) is 14.5. The zero-order valence-electron chi connectivity index (χ0n) is 16.5. The summed E-state index contributed by atoms with van der Waals surface area (Å²) in [7, 11) is 1.41. The average Bonchev–Trinajstić information content (AvgIpc) is 2.78. The van der Waals surface area contributed by atoms with Crippen LogP contribution in [0.25, 0.3) is 0 Å². The zero-order chi connectivity index (χ0) is 21.5. The largest absolute Gasteiger partial charge is 0.453 e. The van der Waals surface area contributed by atoms with Crippen LogP contribution < -0.4 is 0 Å². The second-order valence-electron chi connectivity index (χ2n) is 6.59. The molecule has 1 saturated heterocycles. The predicted octanol–water partition coefficient (Wildman–Crippen LogP) is 3.41. The minimum atomic E-state index is -1.06. The topological polar surface area (TPSA) is 94.9 Å². The highest BCUT2D eigenvalue weighted by molar-refractivity contribution is 8.04. The lowest BCUT2D eigenvalue weighted by Crippen LogP contribution is -2.58. The van der Waals surface area contributed by atoms with E-state index in [2.05, 4.69) is 0 Å². The maximum atomic E-state index is 12.7. The van der Waals surface area contributed by atoms with E-state index in [-0.39, 0.29) is 0 Å². The van der Waals surface area contributed by atoms with Crippen molar-refractivity contribution in [3.05, 3.63) is 71.8 Å². The van der Waals surface area contributed by atoms with Gasteiger partial charge in [0, 0.05) is 7.11 Å². The highest BCUT2D eigenvalue weighted by Gasteiger charge is 2.50. The normalized spacial score (nSPS) is 25.7. The molecule has 7 nitrogen and oxygen atoms in total. The Morgan fingerprint density at radius 1 is 0.933 bits per heavy atom. The highest BCUT2D eigenvalue weighted by atomic mass is 32.2. The molecule has 156 valence electrons. The van der Waals surface area contributed by atoms with E-state index in [0.717, 1.165) is 11.8 Å². The van der Waals surface area contributed by atoms with Crippen LogP contribution in [0.2, 0.25) is 0 Å². The van der Waals surface area contributed by atoms with E-state index < -0.39 is 41.8 Å². The van der Waals surface area contributed by atoms with Gasteiger partial charge in [0.25, 0.3) is 0 Å². The van der Waals surface area contributed by atoms with Gasteiger partial charge in [-0.1, -0.05) is 36.4 Å². The van der Waals surface area contributed by atoms with Gasteiger partial charge in [-0.3, -0.25) is 0 Å². The van der Waals surface area contributed by atoms with Crippen molar-refractivity contribution in [2.75, 3.05) is 7.11 Å². The molecule has 0 N–H and O–H groups in total. The number of nitriles is 1. The van der Waals surface area contributed by atoms with Gasteiger partial charge in [-0.25, -0.2) is 9.59 Å². The zero-order valence-corrected chi connectivity index (χ0v) is 17.3. The Morgan fingerprint density at radius 3 is 1.90 bits per heavy atom. The van der Waals surface area contributed by atoms with Crippen LogP contribution in [0, 0.1) is 10.7 Å². The average molecular weight is 427 g/mol. The quantitative estimate of drug-likeness (QED) is 0.511. The van der Waals surface area contributed by atoms with Crippen molar-refractivity contribution < 1.29 is 28.5 Å². The van der Waals surface area contributed by atoms with Crippen LogP contribution >= 0.6 is 11.8 Å². The van der Waals surface area contributed by atoms with E-state index in [1.807, 2.05) is 5.40 Å². The molecule has 8 heteroatoms. The second kappa shape index (κ2) is 10.3. The summed E-state index contributed by atoms with van der Waals surface area (Å²) >= 11 is 0.901. The van der Waals surface area contributed by atoms with Crippen LogP contribution in [0.4, 0.5) is 0 Å². The lowest BCUT2D eigenvalue weighted by Gasteiger charge is -2.42. The standard InChI is InChI=1S/C22H21NO6S/c1-14-19(30-13-23)17(28-20(24)15-9-5-3-6-10-15)18(22(26-2)27-14)29-21(25)16-11-7-4-8-12-16/h3-12,14,17-19,22H,1-2H3/t14-,17-,18-,19+,22+/m1/s1. The monoisotopic (exact) mass is 427 g/mol. The first-order valence-electron chi connectivity index (χ1n) is 9.30. The van der Waals surface area contributed by atoms with Gasteiger partial charge >= 0.3 is 11.9 Å². The Bertz CT molecular complexity index is 901. The molecule has 3 rings (SSSR count). The molecule has 0 radical (unpaired) electrons. The van der Waals surface area contributed by atoms with Crippen molar-refractivity contribution in [3.8, 4) is 5.40 Å². The van der Waals surface area contributed by atoms with Crippen LogP contribution in [0.1, 0.15) is 27.6 Å². The van der Waals surface area contributed by atoms with Gasteiger partial charge in [0.2, 0.25) is 0 Å². The Kier molecular flexibility index (Phi) is 7.46. The third-order valence-electron chi connectivity index (χ3n) is 4.65. The van der Waals surface area contributed by atoms with E-state index in [1.54, 1.807) is 67.6 Å².